The maximum Gasteiger partial charge on any atom is 0.169 e. The second-order valence-electron chi connectivity index (χ2n) is 4.06. The number of hydrogen-bond donors (Lipinski definition) is 1. The number of hydrogen-bond acceptors (Lipinski definition) is 3. The largest absolute Gasteiger partial charge is 0.456 e. The normalized spacial score (nSPS) is 13.1. The third-order valence-electron chi connectivity index (χ3n) is 2.79. The first-order valence-electron chi connectivity index (χ1n) is 5.44. The van der Waals surface area contributed by atoms with Crippen LogP contribution in [0.3, 0.4) is 0 Å². The van der Waals surface area contributed by atoms with Crippen LogP contribution in [-0.2, 0) is 0 Å². The highest BCUT2D eigenvalue weighted by atomic mass is 79.9. The summed E-state index contributed by atoms with van der Waals surface area (Å²) in [5.41, 5.74) is 6.42. The molecule has 0 spiro atoms. The topological polar surface area (TPSA) is 39.2 Å². The van der Waals surface area contributed by atoms with Crippen molar-refractivity contribution in [3.8, 4) is 0 Å². The third-order valence-corrected chi connectivity index (χ3v) is 6.13. The van der Waals surface area contributed by atoms with Gasteiger partial charge in [-0.3, -0.25) is 0 Å². The Kier molecular flexibility index (Phi) is 3.51. The Labute approximate surface area is 129 Å². The van der Waals surface area contributed by atoms with Gasteiger partial charge in [-0.2, -0.15) is 0 Å². The molecule has 2 nitrogen and oxygen atoms in total. The number of benzene rings is 1. The van der Waals surface area contributed by atoms with Gasteiger partial charge < -0.3 is 10.2 Å². The van der Waals surface area contributed by atoms with Crippen molar-refractivity contribution in [1.82, 2.24) is 0 Å². The minimum absolute atomic E-state index is 0.252. The highest BCUT2D eigenvalue weighted by Crippen LogP contribution is 2.37. The van der Waals surface area contributed by atoms with Crippen LogP contribution in [0.1, 0.15) is 16.7 Å². The van der Waals surface area contributed by atoms with Gasteiger partial charge in [-0.15, -0.1) is 11.3 Å². The van der Waals surface area contributed by atoms with E-state index < -0.39 is 6.04 Å². The average Bonchev–Trinajstić information content (AvgIpc) is 2.94. The quantitative estimate of drug-likeness (QED) is 0.636. The van der Waals surface area contributed by atoms with Crippen LogP contribution in [-0.4, -0.2) is 0 Å². The Morgan fingerprint density at radius 2 is 2.05 bits per heavy atom. The molecular weight excluding hydrogens is 397 g/mol. The van der Waals surface area contributed by atoms with Gasteiger partial charge in [-0.25, -0.2) is 4.39 Å². The molecule has 2 heterocycles. The second-order valence-corrected chi connectivity index (χ2v) is 7.31. The summed E-state index contributed by atoms with van der Waals surface area (Å²) in [7, 11) is 0. The van der Waals surface area contributed by atoms with Crippen LogP contribution in [0, 0.1) is 5.82 Å². The van der Waals surface area contributed by atoms with Crippen molar-refractivity contribution in [3.05, 3.63) is 55.0 Å². The number of nitrogens with two attached hydrogens (primary N) is 1. The highest BCUT2D eigenvalue weighted by Gasteiger charge is 2.18. The summed E-state index contributed by atoms with van der Waals surface area (Å²) in [5, 5.41) is 0.722. The number of halogens is 3. The summed E-state index contributed by atoms with van der Waals surface area (Å²) in [5.74, 6) is 0.186. The summed E-state index contributed by atoms with van der Waals surface area (Å²) in [4.78, 5) is 0.943. The van der Waals surface area contributed by atoms with Crippen LogP contribution in [0.15, 0.2) is 43.0 Å². The number of thiophene rings is 1. The van der Waals surface area contributed by atoms with Gasteiger partial charge in [0.05, 0.1) is 9.83 Å². The zero-order valence-electron chi connectivity index (χ0n) is 9.49. The van der Waals surface area contributed by atoms with Gasteiger partial charge in [-0.05, 0) is 50.1 Å². The zero-order chi connectivity index (χ0) is 13.6. The van der Waals surface area contributed by atoms with E-state index in [1.165, 1.54) is 17.4 Å². The molecule has 98 valence electrons. The number of furan rings is 1. The predicted octanol–water partition coefficient (Wildman–Crippen LogP) is 5.21. The van der Waals surface area contributed by atoms with Crippen molar-refractivity contribution in [2.24, 2.45) is 5.73 Å². The van der Waals surface area contributed by atoms with E-state index in [0.717, 1.165) is 18.5 Å². The third kappa shape index (κ3) is 2.38. The van der Waals surface area contributed by atoms with Crippen LogP contribution >= 0.6 is 43.2 Å². The Hall–Kier alpha value is -0.690. The molecule has 2 N–H and O–H groups in total. The molecule has 3 rings (SSSR count). The Morgan fingerprint density at radius 1 is 1.26 bits per heavy atom. The van der Waals surface area contributed by atoms with Gasteiger partial charge in [-0.1, -0.05) is 12.1 Å². The molecule has 2 aromatic heterocycles. The molecule has 1 atom stereocenters. The fraction of sp³-hybridized carbons (Fsp3) is 0.0769. The lowest BCUT2D eigenvalue weighted by molar-refractivity contribution is 0.504. The van der Waals surface area contributed by atoms with Crippen molar-refractivity contribution < 1.29 is 8.81 Å². The number of fused-ring (bicyclic) bond motifs is 1. The van der Waals surface area contributed by atoms with Crippen LogP contribution in [0.2, 0.25) is 0 Å². The van der Waals surface area contributed by atoms with Gasteiger partial charge in [0.25, 0.3) is 0 Å². The molecule has 0 aliphatic heterocycles. The molecule has 0 saturated carbocycles. The maximum absolute atomic E-state index is 13.6. The zero-order valence-corrected chi connectivity index (χ0v) is 13.5. The van der Waals surface area contributed by atoms with Crippen LogP contribution < -0.4 is 5.73 Å². The summed E-state index contributed by atoms with van der Waals surface area (Å²) in [6, 6.07) is 8.14. The van der Waals surface area contributed by atoms with Crippen molar-refractivity contribution in [2.75, 3.05) is 0 Å². The lowest BCUT2D eigenvalue weighted by atomic mass is 10.2. The van der Waals surface area contributed by atoms with E-state index in [1.807, 2.05) is 6.07 Å². The van der Waals surface area contributed by atoms with Crippen molar-refractivity contribution >= 4 is 54.2 Å². The predicted molar refractivity (Wildman–Crippen MR) is 81.9 cm³/mol. The minimum atomic E-state index is -0.403. The number of rotatable bonds is 2. The first-order valence-corrected chi connectivity index (χ1v) is 7.85. The standard InChI is InChI=1S/C13H8Br2FNOS/c14-7-5-10(19-13(7)15)11(17)9-4-6-2-1-3-8(16)12(6)18-9/h1-5,11H,17H2. The summed E-state index contributed by atoms with van der Waals surface area (Å²) in [6.07, 6.45) is 0. The van der Waals surface area contributed by atoms with Gasteiger partial charge >= 0.3 is 0 Å². The monoisotopic (exact) mass is 403 g/mol. The van der Waals surface area contributed by atoms with Gasteiger partial charge in [0.2, 0.25) is 0 Å². The minimum Gasteiger partial charge on any atom is -0.456 e. The van der Waals surface area contributed by atoms with Crippen molar-refractivity contribution in [2.45, 2.75) is 6.04 Å². The van der Waals surface area contributed by atoms with Gasteiger partial charge in [0, 0.05) is 14.7 Å². The molecule has 0 radical (unpaired) electrons. The average molecular weight is 405 g/mol. The van der Waals surface area contributed by atoms with Crippen LogP contribution in [0.25, 0.3) is 11.0 Å². The highest BCUT2D eigenvalue weighted by molar-refractivity contribution is 9.13. The molecule has 0 saturated heterocycles. The Morgan fingerprint density at radius 3 is 2.68 bits per heavy atom. The lowest BCUT2D eigenvalue weighted by Crippen LogP contribution is -2.08. The molecule has 0 aliphatic carbocycles. The van der Waals surface area contributed by atoms with Gasteiger partial charge in [0.1, 0.15) is 5.76 Å². The summed E-state index contributed by atoms with van der Waals surface area (Å²) < 4.78 is 21.0. The molecule has 0 amide bonds. The summed E-state index contributed by atoms with van der Waals surface area (Å²) >= 11 is 8.37. The van der Waals surface area contributed by atoms with E-state index in [4.69, 9.17) is 10.2 Å². The van der Waals surface area contributed by atoms with E-state index in [-0.39, 0.29) is 11.4 Å². The molecular formula is C13H8Br2FNOS. The first-order chi connectivity index (χ1) is 9.06. The van der Waals surface area contributed by atoms with Crippen molar-refractivity contribution in [3.63, 3.8) is 0 Å². The molecule has 19 heavy (non-hydrogen) atoms. The van der Waals surface area contributed by atoms with Gasteiger partial charge in [0.15, 0.2) is 11.4 Å². The van der Waals surface area contributed by atoms with Crippen LogP contribution in [0.4, 0.5) is 4.39 Å². The van der Waals surface area contributed by atoms with Crippen molar-refractivity contribution in [1.29, 1.82) is 0 Å². The molecule has 0 bridgehead atoms. The molecule has 0 fully saturated rings. The molecule has 3 aromatic rings. The van der Waals surface area contributed by atoms with E-state index in [9.17, 15) is 4.39 Å². The Balaban J connectivity index is 2.06. The fourth-order valence-electron chi connectivity index (χ4n) is 1.86. The Bertz CT molecular complexity index is 733. The number of para-hydroxylation sites is 1. The SMILES string of the molecule is NC(c1cc2cccc(F)c2o1)c1cc(Br)c(Br)s1. The summed E-state index contributed by atoms with van der Waals surface area (Å²) in [6.45, 7) is 0. The van der Waals surface area contributed by atoms with E-state index in [1.54, 1.807) is 18.2 Å². The van der Waals surface area contributed by atoms with E-state index in [0.29, 0.717) is 5.76 Å². The lowest BCUT2D eigenvalue weighted by Gasteiger charge is -2.04. The fourth-order valence-corrected chi connectivity index (χ4v) is 3.96. The van der Waals surface area contributed by atoms with Crippen LogP contribution in [0.5, 0.6) is 0 Å². The van der Waals surface area contributed by atoms with E-state index in [2.05, 4.69) is 31.9 Å². The maximum atomic E-state index is 13.6. The molecule has 1 unspecified atom stereocenters. The second kappa shape index (κ2) is 5.01. The first kappa shape index (κ1) is 13.3. The molecule has 6 heteroatoms. The molecule has 0 aliphatic rings. The van der Waals surface area contributed by atoms with E-state index >= 15 is 0 Å². The molecule has 1 aromatic carbocycles. The smallest absolute Gasteiger partial charge is 0.169 e.